The van der Waals surface area contributed by atoms with E-state index >= 15 is 0 Å². The van der Waals surface area contributed by atoms with Crippen molar-refractivity contribution in [2.75, 3.05) is 6.61 Å². The number of aliphatic hydroxyl groups is 2. The van der Waals surface area contributed by atoms with Crippen LogP contribution >= 0.6 is 0 Å². The lowest BCUT2D eigenvalue weighted by molar-refractivity contribution is -0.240. The normalized spacial score (nSPS) is 56.8. The maximum Gasteiger partial charge on any atom is 0.0937 e. The molecular formula is C26H36O4. The minimum atomic E-state index is -0.526. The highest BCUT2D eigenvalue weighted by Crippen LogP contribution is 2.75. The third-order valence-electron chi connectivity index (χ3n) is 10.9. The molecule has 2 heterocycles. The Morgan fingerprint density at radius 1 is 1.07 bits per heavy atom. The summed E-state index contributed by atoms with van der Waals surface area (Å²) in [5.74, 6) is 0.880. The summed E-state index contributed by atoms with van der Waals surface area (Å²) in [6.45, 7) is 10.0. The van der Waals surface area contributed by atoms with Gasteiger partial charge in [0, 0.05) is 16.7 Å². The van der Waals surface area contributed by atoms with E-state index in [1.165, 1.54) is 11.1 Å². The highest BCUT2D eigenvalue weighted by Gasteiger charge is 2.74. The van der Waals surface area contributed by atoms with E-state index in [9.17, 15) is 10.2 Å². The van der Waals surface area contributed by atoms with Crippen molar-refractivity contribution in [1.29, 1.82) is 0 Å². The van der Waals surface area contributed by atoms with Crippen molar-refractivity contribution in [3.63, 3.8) is 0 Å². The first-order valence-corrected chi connectivity index (χ1v) is 11.9. The predicted octanol–water partition coefficient (Wildman–Crippen LogP) is 4.67. The molecule has 3 saturated carbocycles. The zero-order valence-electron chi connectivity index (χ0n) is 18.7. The molecule has 4 heteroatoms. The second-order valence-electron chi connectivity index (χ2n) is 12.0. The van der Waals surface area contributed by atoms with Crippen LogP contribution in [0.1, 0.15) is 71.3 Å². The molecule has 5 aliphatic rings. The molecule has 30 heavy (non-hydrogen) atoms. The van der Waals surface area contributed by atoms with Crippen molar-refractivity contribution in [3.8, 4) is 0 Å². The Balaban J connectivity index is 1.49. The van der Waals surface area contributed by atoms with Gasteiger partial charge in [-0.25, -0.2) is 0 Å². The number of allylic oxidation sites excluding steroid dienone is 1. The standard InChI is InChI=1S/C26H36O4/c1-23-10-8-19(27)26(4)18-7-11-24(2)16(15-9-12-29-13-15)5-6-17(24)25(18,3)22(28)20(21(23)26)30-14-23/h6,9,12-13,16,18-22,27-28H,5,7-8,10-11,14H2,1-4H3. The van der Waals surface area contributed by atoms with Crippen molar-refractivity contribution in [2.45, 2.75) is 84.0 Å². The molecule has 10 unspecified atom stereocenters. The van der Waals surface area contributed by atoms with Gasteiger partial charge in [-0.1, -0.05) is 39.3 Å². The van der Waals surface area contributed by atoms with Gasteiger partial charge >= 0.3 is 0 Å². The van der Waals surface area contributed by atoms with Crippen molar-refractivity contribution < 1.29 is 19.4 Å². The summed E-state index contributed by atoms with van der Waals surface area (Å²) in [5.41, 5.74) is 2.15. The van der Waals surface area contributed by atoms with Crippen molar-refractivity contribution in [3.05, 3.63) is 35.8 Å². The first-order valence-electron chi connectivity index (χ1n) is 11.9. The minimum Gasteiger partial charge on any atom is -0.472 e. The number of furan rings is 1. The highest BCUT2D eigenvalue weighted by atomic mass is 16.5. The molecule has 0 amide bonds. The van der Waals surface area contributed by atoms with Crippen LogP contribution in [0.4, 0.5) is 0 Å². The van der Waals surface area contributed by atoms with E-state index in [0.717, 1.165) is 32.1 Å². The van der Waals surface area contributed by atoms with E-state index in [4.69, 9.17) is 9.15 Å². The van der Waals surface area contributed by atoms with Crippen molar-refractivity contribution >= 4 is 0 Å². The molecule has 164 valence electrons. The molecule has 4 aliphatic carbocycles. The molecule has 1 saturated heterocycles. The summed E-state index contributed by atoms with van der Waals surface area (Å²) >= 11 is 0. The van der Waals surface area contributed by atoms with Crippen molar-refractivity contribution in [1.82, 2.24) is 0 Å². The van der Waals surface area contributed by atoms with Gasteiger partial charge in [0.15, 0.2) is 0 Å². The molecular weight excluding hydrogens is 376 g/mol. The second kappa shape index (κ2) is 5.82. The first-order chi connectivity index (χ1) is 14.2. The fraction of sp³-hybridized carbons (Fsp3) is 0.769. The molecule has 1 aromatic rings. The van der Waals surface area contributed by atoms with Gasteiger partial charge in [-0.05, 0) is 66.4 Å². The Kier molecular flexibility index (Phi) is 3.80. The van der Waals surface area contributed by atoms with Crippen LogP contribution in [0, 0.1) is 33.5 Å². The quantitative estimate of drug-likeness (QED) is 0.658. The maximum atomic E-state index is 11.9. The van der Waals surface area contributed by atoms with Crippen LogP contribution in [0.2, 0.25) is 0 Å². The topological polar surface area (TPSA) is 62.8 Å². The summed E-state index contributed by atoms with van der Waals surface area (Å²) in [7, 11) is 0. The molecule has 0 aromatic carbocycles. The third kappa shape index (κ3) is 2.00. The number of aliphatic hydroxyl groups excluding tert-OH is 2. The largest absolute Gasteiger partial charge is 0.472 e. The lowest BCUT2D eigenvalue weighted by Gasteiger charge is -2.68. The van der Waals surface area contributed by atoms with E-state index in [0.29, 0.717) is 12.5 Å². The number of rotatable bonds is 1. The lowest BCUT2D eigenvalue weighted by Crippen LogP contribution is -2.70. The Hall–Kier alpha value is -1.10. The zero-order chi connectivity index (χ0) is 21.1. The van der Waals surface area contributed by atoms with Crippen LogP contribution < -0.4 is 0 Å². The first kappa shape index (κ1) is 19.6. The summed E-state index contributed by atoms with van der Waals surface area (Å²) in [5, 5.41) is 23.3. The summed E-state index contributed by atoms with van der Waals surface area (Å²) < 4.78 is 11.8. The van der Waals surface area contributed by atoms with Gasteiger partial charge < -0.3 is 19.4 Å². The van der Waals surface area contributed by atoms with Gasteiger partial charge in [-0.15, -0.1) is 0 Å². The van der Waals surface area contributed by atoms with E-state index in [-0.39, 0.29) is 45.7 Å². The van der Waals surface area contributed by atoms with Crippen LogP contribution in [-0.4, -0.2) is 35.1 Å². The fourth-order valence-electron chi connectivity index (χ4n) is 9.54. The predicted molar refractivity (Wildman–Crippen MR) is 114 cm³/mol. The molecule has 1 aromatic heterocycles. The Labute approximate surface area is 179 Å². The molecule has 10 atom stereocenters. The molecule has 4 fully saturated rings. The third-order valence-corrected chi connectivity index (χ3v) is 10.9. The number of ether oxygens (including phenoxy) is 1. The Morgan fingerprint density at radius 3 is 2.60 bits per heavy atom. The van der Waals surface area contributed by atoms with Crippen molar-refractivity contribution in [2.24, 2.45) is 33.5 Å². The van der Waals surface area contributed by atoms with E-state index in [2.05, 4.69) is 39.8 Å². The van der Waals surface area contributed by atoms with Gasteiger partial charge in [0.1, 0.15) is 0 Å². The van der Waals surface area contributed by atoms with Gasteiger partial charge in [-0.3, -0.25) is 0 Å². The average Bonchev–Trinajstić information content (AvgIpc) is 3.41. The summed E-state index contributed by atoms with van der Waals surface area (Å²) in [4.78, 5) is 0. The van der Waals surface area contributed by atoms with Crippen LogP contribution in [0.15, 0.2) is 34.7 Å². The SMILES string of the molecule is CC12CCC(O)C3(C)C1C(OC2)C(O)C1(C)C2=CCC(c4ccoc4)C2(C)CCC13. The molecule has 0 spiro atoms. The highest BCUT2D eigenvalue weighted by molar-refractivity contribution is 5.41. The average molecular weight is 413 g/mol. The van der Waals surface area contributed by atoms with Crippen LogP contribution in [0.3, 0.4) is 0 Å². The van der Waals surface area contributed by atoms with E-state index < -0.39 is 6.10 Å². The monoisotopic (exact) mass is 412 g/mol. The molecule has 4 nitrogen and oxygen atoms in total. The maximum absolute atomic E-state index is 11.9. The second-order valence-corrected chi connectivity index (χ2v) is 12.0. The van der Waals surface area contributed by atoms with Gasteiger partial charge in [0.2, 0.25) is 0 Å². The molecule has 6 rings (SSSR count). The summed E-state index contributed by atoms with van der Waals surface area (Å²) in [6, 6.07) is 2.10. The number of fused-ring (bicyclic) bond motifs is 4. The lowest BCUT2D eigenvalue weighted by atomic mass is 9.36. The molecule has 2 N–H and O–H groups in total. The molecule has 0 bridgehead atoms. The Bertz CT molecular complexity index is 891. The van der Waals surface area contributed by atoms with Gasteiger partial charge in [-0.2, -0.15) is 0 Å². The van der Waals surface area contributed by atoms with Gasteiger partial charge in [0.05, 0.1) is 37.4 Å². The number of hydrogen-bond acceptors (Lipinski definition) is 4. The molecule has 1 aliphatic heterocycles. The Morgan fingerprint density at radius 2 is 1.87 bits per heavy atom. The summed E-state index contributed by atoms with van der Waals surface area (Å²) in [6.07, 6.45) is 10.0. The smallest absolute Gasteiger partial charge is 0.0937 e. The minimum absolute atomic E-state index is 0.0147. The van der Waals surface area contributed by atoms with Crippen LogP contribution in [0.25, 0.3) is 0 Å². The van der Waals surface area contributed by atoms with E-state index in [1.807, 2.05) is 6.26 Å². The van der Waals surface area contributed by atoms with E-state index in [1.54, 1.807) is 6.26 Å². The van der Waals surface area contributed by atoms with Crippen LogP contribution in [-0.2, 0) is 4.74 Å². The fourth-order valence-corrected chi connectivity index (χ4v) is 9.54. The zero-order valence-corrected chi connectivity index (χ0v) is 18.7. The van der Waals surface area contributed by atoms with Crippen LogP contribution in [0.5, 0.6) is 0 Å². The molecule has 0 radical (unpaired) electrons. The van der Waals surface area contributed by atoms with Gasteiger partial charge in [0.25, 0.3) is 0 Å². The number of hydrogen-bond donors (Lipinski definition) is 2.